The molecule has 3 rings (SSSR count). The second-order valence-corrected chi connectivity index (χ2v) is 8.10. The Balaban J connectivity index is 1.70. The van der Waals surface area contributed by atoms with E-state index in [1.165, 1.54) is 0 Å². The fourth-order valence-electron chi connectivity index (χ4n) is 3.26. The van der Waals surface area contributed by atoms with Gasteiger partial charge in [-0.1, -0.05) is 36.4 Å². The predicted molar refractivity (Wildman–Crippen MR) is 94.9 cm³/mol. The molecule has 2 aromatic rings. The van der Waals surface area contributed by atoms with Gasteiger partial charge in [-0.3, -0.25) is 9.78 Å². The summed E-state index contributed by atoms with van der Waals surface area (Å²) in [6.45, 7) is 0.227. The van der Waals surface area contributed by atoms with Crippen LogP contribution >= 0.6 is 0 Å². The lowest BCUT2D eigenvalue weighted by molar-refractivity contribution is -0.127. The van der Waals surface area contributed by atoms with E-state index in [-0.39, 0.29) is 30.2 Å². The second kappa shape index (κ2) is 7.33. The summed E-state index contributed by atoms with van der Waals surface area (Å²) < 4.78 is 27.3. The second-order valence-electron chi connectivity index (χ2n) is 6.29. The largest absolute Gasteiger partial charge is 0.338 e. The maximum Gasteiger partial charge on any atom is 0.223 e. The van der Waals surface area contributed by atoms with Crippen LogP contribution in [0.15, 0.2) is 54.9 Å². The van der Waals surface area contributed by atoms with Crippen LogP contribution in [-0.2, 0) is 20.6 Å². The van der Waals surface area contributed by atoms with Gasteiger partial charge in [0.05, 0.1) is 11.8 Å². The molecule has 0 unspecified atom stereocenters. The predicted octanol–water partition coefficient (Wildman–Crippen LogP) is 1.72. The summed E-state index contributed by atoms with van der Waals surface area (Å²) >= 11 is 0. The molecule has 1 aromatic heterocycles. The third-order valence-electron chi connectivity index (χ3n) is 4.48. The van der Waals surface area contributed by atoms with Crippen LogP contribution in [0.5, 0.6) is 0 Å². The monoisotopic (exact) mass is 359 g/mol. The third-order valence-corrected chi connectivity index (χ3v) is 5.80. The number of amides is 1. The molecule has 0 radical (unpaired) electrons. The molecule has 1 aromatic carbocycles. The molecule has 2 atom stereocenters. The van der Waals surface area contributed by atoms with Crippen LogP contribution in [-0.4, -0.2) is 37.8 Å². The SMILES string of the molecule is CN1C(=O)C[C@@H](CNS(=O)(=O)Cc2ccccc2)[C@@H]1c1cccnc1. The molecule has 25 heavy (non-hydrogen) atoms. The summed E-state index contributed by atoms with van der Waals surface area (Å²) in [5.41, 5.74) is 1.65. The van der Waals surface area contributed by atoms with E-state index in [1.54, 1.807) is 36.5 Å². The average molecular weight is 359 g/mol. The zero-order chi connectivity index (χ0) is 17.9. The van der Waals surface area contributed by atoms with Gasteiger partial charge in [-0.15, -0.1) is 0 Å². The van der Waals surface area contributed by atoms with Crippen molar-refractivity contribution in [2.45, 2.75) is 18.2 Å². The molecule has 132 valence electrons. The van der Waals surface area contributed by atoms with Crippen LogP contribution in [0.25, 0.3) is 0 Å². The summed E-state index contributed by atoms with van der Waals surface area (Å²) in [6, 6.07) is 12.6. The number of hydrogen-bond acceptors (Lipinski definition) is 4. The molecule has 1 amide bonds. The average Bonchev–Trinajstić information content (AvgIpc) is 2.89. The molecule has 2 heterocycles. The van der Waals surface area contributed by atoms with Gasteiger partial charge in [0, 0.05) is 38.3 Å². The highest BCUT2D eigenvalue weighted by Gasteiger charge is 2.38. The first-order valence-electron chi connectivity index (χ1n) is 8.13. The first kappa shape index (κ1) is 17.6. The highest BCUT2D eigenvalue weighted by Crippen LogP contribution is 2.36. The Morgan fingerprint density at radius 1 is 1.20 bits per heavy atom. The lowest BCUT2D eigenvalue weighted by Gasteiger charge is -2.25. The third kappa shape index (κ3) is 4.24. The van der Waals surface area contributed by atoms with Crippen LogP contribution in [0.4, 0.5) is 0 Å². The molecular weight excluding hydrogens is 338 g/mol. The first-order chi connectivity index (χ1) is 12.0. The number of nitrogens with one attached hydrogen (secondary N) is 1. The molecule has 1 aliphatic heterocycles. The zero-order valence-corrected chi connectivity index (χ0v) is 14.8. The van der Waals surface area contributed by atoms with Crippen LogP contribution in [0.3, 0.4) is 0 Å². The molecule has 0 saturated carbocycles. The molecule has 1 fully saturated rings. The van der Waals surface area contributed by atoms with Crippen molar-refractivity contribution in [2.75, 3.05) is 13.6 Å². The minimum absolute atomic E-state index is 0.0149. The number of sulfonamides is 1. The number of benzene rings is 1. The number of likely N-dealkylation sites (tertiary alicyclic amines) is 1. The molecule has 7 heteroatoms. The fourth-order valence-corrected chi connectivity index (χ4v) is 4.46. The Morgan fingerprint density at radius 2 is 1.96 bits per heavy atom. The Hall–Kier alpha value is -2.25. The molecule has 0 aliphatic carbocycles. The van der Waals surface area contributed by atoms with Crippen molar-refractivity contribution in [1.82, 2.24) is 14.6 Å². The minimum atomic E-state index is -3.46. The Labute approximate surface area is 147 Å². The first-order valence-corrected chi connectivity index (χ1v) is 9.78. The Bertz CT molecular complexity index is 825. The summed E-state index contributed by atoms with van der Waals surface area (Å²) in [6.07, 6.45) is 3.73. The Morgan fingerprint density at radius 3 is 2.64 bits per heavy atom. The molecule has 0 bridgehead atoms. The van der Waals surface area contributed by atoms with Gasteiger partial charge in [-0.05, 0) is 17.2 Å². The quantitative estimate of drug-likeness (QED) is 0.852. The van der Waals surface area contributed by atoms with Crippen molar-refractivity contribution < 1.29 is 13.2 Å². The number of nitrogens with zero attached hydrogens (tertiary/aromatic N) is 2. The van der Waals surface area contributed by atoms with Crippen molar-refractivity contribution in [1.29, 1.82) is 0 Å². The van der Waals surface area contributed by atoms with E-state index in [0.29, 0.717) is 6.42 Å². The number of hydrogen-bond donors (Lipinski definition) is 1. The highest BCUT2D eigenvalue weighted by atomic mass is 32.2. The summed E-state index contributed by atoms with van der Waals surface area (Å²) in [5.74, 6) is -0.171. The molecule has 0 spiro atoms. The summed E-state index contributed by atoms with van der Waals surface area (Å²) in [5, 5.41) is 0. The van der Waals surface area contributed by atoms with E-state index in [4.69, 9.17) is 0 Å². The highest BCUT2D eigenvalue weighted by molar-refractivity contribution is 7.88. The standard InChI is InChI=1S/C18H21N3O3S/c1-21-17(22)10-16(18(21)15-8-5-9-19-11-15)12-20-25(23,24)13-14-6-3-2-4-7-14/h2-9,11,16,18,20H,10,12-13H2,1H3/t16-,18-/m0/s1. The van der Waals surface area contributed by atoms with Crippen molar-refractivity contribution >= 4 is 15.9 Å². The van der Waals surface area contributed by atoms with Gasteiger partial charge >= 0.3 is 0 Å². The topological polar surface area (TPSA) is 79.4 Å². The van der Waals surface area contributed by atoms with Crippen molar-refractivity contribution in [2.24, 2.45) is 5.92 Å². The smallest absolute Gasteiger partial charge is 0.223 e. The summed E-state index contributed by atoms with van der Waals surface area (Å²) in [4.78, 5) is 17.9. The van der Waals surface area contributed by atoms with Crippen LogP contribution in [0, 0.1) is 5.92 Å². The van der Waals surface area contributed by atoms with Gasteiger partial charge in [0.15, 0.2) is 0 Å². The van der Waals surface area contributed by atoms with E-state index in [2.05, 4.69) is 9.71 Å². The van der Waals surface area contributed by atoms with Gasteiger partial charge in [0.2, 0.25) is 15.9 Å². The number of carbonyl (C=O) groups excluding carboxylic acids is 1. The van der Waals surface area contributed by atoms with Gasteiger partial charge < -0.3 is 4.90 Å². The number of carbonyl (C=O) groups is 1. The lowest BCUT2D eigenvalue weighted by atomic mass is 9.95. The molecule has 6 nitrogen and oxygen atoms in total. The van der Waals surface area contributed by atoms with Gasteiger partial charge in [-0.25, -0.2) is 13.1 Å². The van der Waals surface area contributed by atoms with Crippen LogP contribution in [0.2, 0.25) is 0 Å². The summed E-state index contributed by atoms with van der Waals surface area (Å²) in [7, 11) is -1.71. The zero-order valence-electron chi connectivity index (χ0n) is 14.0. The number of rotatable bonds is 6. The lowest BCUT2D eigenvalue weighted by Crippen LogP contribution is -2.33. The molecule has 1 saturated heterocycles. The van der Waals surface area contributed by atoms with Crippen molar-refractivity contribution in [3.8, 4) is 0 Å². The minimum Gasteiger partial charge on any atom is -0.338 e. The van der Waals surface area contributed by atoms with E-state index in [9.17, 15) is 13.2 Å². The van der Waals surface area contributed by atoms with E-state index >= 15 is 0 Å². The molecular formula is C18H21N3O3S. The number of pyridine rings is 1. The van der Waals surface area contributed by atoms with Crippen LogP contribution < -0.4 is 4.72 Å². The normalized spacial score (nSPS) is 20.8. The maximum atomic E-state index is 12.3. The van der Waals surface area contributed by atoms with Crippen molar-refractivity contribution in [3.63, 3.8) is 0 Å². The van der Waals surface area contributed by atoms with E-state index in [1.807, 2.05) is 30.3 Å². The van der Waals surface area contributed by atoms with E-state index < -0.39 is 10.0 Å². The van der Waals surface area contributed by atoms with Crippen molar-refractivity contribution in [3.05, 3.63) is 66.0 Å². The number of aromatic nitrogens is 1. The maximum absolute atomic E-state index is 12.3. The van der Waals surface area contributed by atoms with Crippen LogP contribution in [0.1, 0.15) is 23.6 Å². The fraction of sp³-hybridized carbons (Fsp3) is 0.333. The van der Waals surface area contributed by atoms with E-state index in [0.717, 1.165) is 11.1 Å². The molecule has 1 N–H and O–H groups in total. The van der Waals surface area contributed by atoms with Gasteiger partial charge in [-0.2, -0.15) is 0 Å². The molecule has 1 aliphatic rings. The van der Waals surface area contributed by atoms with Gasteiger partial charge in [0.25, 0.3) is 0 Å². The van der Waals surface area contributed by atoms with Gasteiger partial charge in [0.1, 0.15) is 0 Å². The Kier molecular flexibility index (Phi) is 5.15.